The zero-order valence-corrected chi connectivity index (χ0v) is 18.5. The molecular weight excluding hydrogens is 384 g/mol. The van der Waals surface area contributed by atoms with Crippen LogP contribution in [0.15, 0.2) is 35.7 Å². The van der Waals surface area contributed by atoms with Gasteiger partial charge < -0.3 is 10.2 Å². The van der Waals surface area contributed by atoms with E-state index >= 15 is 0 Å². The molecule has 0 spiro atoms. The van der Waals surface area contributed by atoms with Crippen LogP contribution in [0.5, 0.6) is 0 Å². The van der Waals surface area contributed by atoms with Crippen LogP contribution < -0.4 is 5.32 Å². The Hall–Kier alpha value is -2.28. The van der Waals surface area contributed by atoms with Crippen LogP contribution in [-0.4, -0.2) is 51.1 Å². The molecule has 1 fully saturated rings. The first-order chi connectivity index (χ1) is 13.8. The largest absolute Gasteiger partial charge is 0.354 e. The summed E-state index contributed by atoms with van der Waals surface area (Å²) in [7, 11) is 0. The highest BCUT2D eigenvalue weighted by Gasteiger charge is 2.27. The van der Waals surface area contributed by atoms with Crippen LogP contribution in [0.1, 0.15) is 37.8 Å². The molecule has 7 heteroatoms. The number of aromatic nitrogens is 2. The fraction of sp³-hybridized carbons (Fsp3) is 0.500. The fourth-order valence-electron chi connectivity index (χ4n) is 3.69. The van der Waals surface area contributed by atoms with Gasteiger partial charge in [0.25, 0.3) is 0 Å². The first kappa shape index (κ1) is 21.4. The molecule has 3 rings (SSSR count). The van der Waals surface area contributed by atoms with Crippen molar-refractivity contribution >= 4 is 23.6 Å². The third-order valence-corrected chi connectivity index (χ3v) is 6.02. The minimum Gasteiger partial charge on any atom is -0.354 e. The smallest absolute Gasteiger partial charge is 0.233 e. The number of piperidine rings is 1. The Bertz CT molecular complexity index is 849. The number of hydrogen-bond donors (Lipinski definition) is 1. The van der Waals surface area contributed by atoms with Gasteiger partial charge >= 0.3 is 0 Å². The number of carbonyl (C=O) groups is 2. The number of thioether (sulfide) groups is 1. The van der Waals surface area contributed by atoms with Crippen molar-refractivity contribution < 1.29 is 9.59 Å². The Morgan fingerprint density at radius 2 is 1.83 bits per heavy atom. The van der Waals surface area contributed by atoms with E-state index in [0.717, 1.165) is 23.7 Å². The molecule has 1 aromatic carbocycles. The predicted molar refractivity (Wildman–Crippen MR) is 116 cm³/mol. The quantitative estimate of drug-likeness (QED) is 0.736. The second-order valence-electron chi connectivity index (χ2n) is 8.03. The third-order valence-electron chi connectivity index (χ3n) is 5.07. The van der Waals surface area contributed by atoms with E-state index in [9.17, 15) is 9.59 Å². The first-order valence-corrected chi connectivity index (χ1v) is 11.1. The summed E-state index contributed by atoms with van der Waals surface area (Å²) in [6, 6.07) is 6.53. The topological polar surface area (TPSA) is 67.2 Å². The number of nitrogens with one attached hydrogen (secondary N) is 1. The van der Waals surface area contributed by atoms with Crippen molar-refractivity contribution in [1.82, 2.24) is 19.8 Å². The Kier molecular flexibility index (Phi) is 7.00. The van der Waals surface area contributed by atoms with Gasteiger partial charge in [0, 0.05) is 43.1 Å². The van der Waals surface area contributed by atoms with Gasteiger partial charge in [-0.2, -0.15) is 0 Å². The molecule has 2 aromatic rings. The van der Waals surface area contributed by atoms with Gasteiger partial charge in [-0.3, -0.25) is 14.2 Å². The molecule has 1 aliphatic heterocycles. The SMILES string of the molecule is Cc1cc(C)cc(-n2ccnc2SCC(=O)N2CCC(C(=O)NC(C)C)CC2)c1. The molecule has 2 amide bonds. The lowest BCUT2D eigenvalue weighted by Gasteiger charge is -2.31. The monoisotopic (exact) mass is 414 g/mol. The molecule has 0 bridgehead atoms. The average molecular weight is 415 g/mol. The molecule has 1 saturated heterocycles. The zero-order chi connectivity index (χ0) is 21.0. The highest BCUT2D eigenvalue weighted by atomic mass is 32.2. The molecule has 29 heavy (non-hydrogen) atoms. The van der Waals surface area contributed by atoms with Crippen molar-refractivity contribution in [2.75, 3.05) is 18.8 Å². The first-order valence-electron chi connectivity index (χ1n) is 10.2. The minimum absolute atomic E-state index is 0.0116. The normalized spacial score (nSPS) is 15.0. The van der Waals surface area contributed by atoms with Crippen molar-refractivity contribution in [2.45, 2.75) is 51.7 Å². The zero-order valence-electron chi connectivity index (χ0n) is 17.6. The fourth-order valence-corrected chi connectivity index (χ4v) is 4.57. The van der Waals surface area contributed by atoms with Gasteiger partial charge in [-0.25, -0.2) is 4.98 Å². The summed E-state index contributed by atoms with van der Waals surface area (Å²) in [5.41, 5.74) is 3.46. The summed E-state index contributed by atoms with van der Waals surface area (Å²) in [5, 5.41) is 3.79. The molecular formula is C22H30N4O2S. The molecule has 0 saturated carbocycles. The third kappa shape index (κ3) is 5.63. The lowest BCUT2D eigenvalue weighted by atomic mass is 9.95. The Labute approximate surface area is 177 Å². The van der Waals surface area contributed by atoms with E-state index in [2.05, 4.69) is 42.3 Å². The Morgan fingerprint density at radius 1 is 1.17 bits per heavy atom. The number of hydrogen-bond acceptors (Lipinski definition) is 4. The Balaban J connectivity index is 1.55. The molecule has 6 nitrogen and oxygen atoms in total. The number of carbonyl (C=O) groups excluding carboxylic acids is 2. The summed E-state index contributed by atoms with van der Waals surface area (Å²) < 4.78 is 2.03. The van der Waals surface area contributed by atoms with E-state index < -0.39 is 0 Å². The molecule has 0 unspecified atom stereocenters. The van der Waals surface area contributed by atoms with E-state index in [-0.39, 0.29) is 23.8 Å². The van der Waals surface area contributed by atoms with Gasteiger partial charge in [-0.15, -0.1) is 0 Å². The highest BCUT2D eigenvalue weighted by Crippen LogP contribution is 2.24. The summed E-state index contributed by atoms with van der Waals surface area (Å²) in [4.78, 5) is 31.1. The summed E-state index contributed by atoms with van der Waals surface area (Å²) in [6.07, 6.45) is 5.15. The highest BCUT2D eigenvalue weighted by molar-refractivity contribution is 7.99. The maximum atomic E-state index is 12.7. The predicted octanol–water partition coefficient (Wildman–Crippen LogP) is 3.34. The van der Waals surface area contributed by atoms with E-state index in [1.165, 1.54) is 22.9 Å². The number of nitrogens with zero attached hydrogens (tertiary/aromatic N) is 3. The molecule has 0 radical (unpaired) electrons. The minimum atomic E-state index is 0.0116. The van der Waals surface area contributed by atoms with Gasteiger partial charge in [0.2, 0.25) is 11.8 Å². The van der Waals surface area contributed by atoms with Crippen molar-refractivity contribution in [2.24, 2.45) is 5.92 Å². The number of likely N-dealkylation sites (tertiary alicyclic amines) is 1. The van der Waals surface area contributed by atoms with E-state index in [0.29, 0.717) is 18.8 Å². The van der Waals surface area contributed by atoms with Gasteiger partial charge in [-0.1, -0.05) is 17.8 Å². The molecule has 1 N–H and O–H groups in total. The number of aryl methyl sites for hydroxylation is 2. The lowest BCUT2D eigenvalue weighted by Crippen LogP contribution is -2.44. The summed E-state index contributed by atoms with van der Waals surface area (Å²) in [6.45, 7) is 9.37. The second kappa shape index (κ2) is 9.48. The molecule has 2 heterocycles. The molecule has 0 atom stereocenters. The summed E-state index contributed by atoms with van der Waals surface area (Å²) >= 11 is 1.46. The maximum absolute atomic E-state index is 12.7. The standard InChI is InChI=1S/C22H30N4O2S/c1-15(2)24-21(28)18-5-8-25(9-6-18)20(27)14-29-22-23-7-10-26(22)19-12-16(3)11-17(4)13-19/h7,10-13,15,18H,5-6,8-9,14H2,1-4H3,(H,24,28). The van der Waals surface area contributed by atoms with Crippen LogP contribution in [0.2, 0.25) is 0 Å². The number of rotatable bonds is 6. The van der Waals surface area contributed by atoms with Gasteiger partial charge in [-0.05, 0) is 63.8 Å². The summed E-state index contributed by atoms with van der Waals surface area (Å²) in [5.74, 6) is 0.576. The van der Waals surface area contributed by atoms with Crippen LogP contribution in [0.4, 0.5) is 0 Å². The van der Waals surface area contributed by atoms with Gasteiger partial charge in [0.1, 0.15) is 0 Å². The van der Waals surface area contributed by atoms with Gasteiger partial charge in [0.15, 0.2) is 5.16 Å². The number of amides is 2. The van der Waals surface area contributed by atoms with E-state index in [1.54, 1.807) is 6.20 Å². The van der Waals surface area contributed by atoms with Crippen molar-refractivity contribution in [3.63, 3.8) is 0 Å². The van der Waals surface area contributed by atoms with Crippen molar-refractivity contribution in [3.8, 4) is 5.69 Å². The second-order valence-corrected chi connectivity index (χ2v) is 8.98. The van der Waals surface area contributed by atoms with Crippen LogP contribution in [0.25, 0.3) is 5.69 Å². The van der Waals surface area contributed by atoms with Crippen molar-refractivity contribution in [1.29, 1.82) is 0 Å². The maximum Gasteiger partial charge on any atom is 0.233 e. The van der Waals surface area contributed by atoms with Crippen LogP contribution in [0.3, 0.4) is 0 Å². The van der Waals surface area contributed by atoms with E-state index in [4.69, 9.17) is 0 Å². The molecule has 1 aromatic heterocycles. The molecule has 1 aliphatic rings. The van der Waals surface area contributed by atoms with Crippen LogP contribution in [-0.2, 0) is 9.59 Å². The molecule has 156 valence electrons. The number of imidazole rings is 1. The van der Waals surface area contributed by atoms with Crippen LogP contribution >= 0.6 is 11.8 Å². The lowest BCUT2D eigenvalue weighted by molar-refractivity contribution is -0.133. The Morgan fingerprint density at radius 3 is 2.45 bits per heavy atom. The number of benzene rings is 1. The van der Waals surface area contributed by atoms with E-state index in [1.807, 2.05) is 29.5 Å². The van der Waals surface area contributed by atoms with Crippen LogP contribution in [0, 0.1) is 19.8 Å². The van der Waals surface area contributed by atoms with Gasteiger partial charge in [0.05, 0.1) is 5.75 Å². The van der Waals surface area contributed by atoms with Crippen molar-refractivity contribution in [3.05, 3.63) is 41.7 Å². The average Bonchev–Trinajstić information content (AvgIpc) is 3.13. The molecule has 0 aliphatic carbocycles.